The Morgan fingerprint density at radius 3 is 2.06 bits per heavy atom. The quantitative estimate of drug-likeness (QED) is 0.831. The van der Waals surface area contributed by atoms with Crippen molar-refractivity contribution in [2.24, 2.45) is 5.73 Å². The number of carbonyl (C=O) groups is 1. The van der Waals surface area contributed by atoms with E-state index < -0.39 is 0 Å². The molecule has 0 aromatic heterocycles. The van der Waals surface area contributed by atoms with Gasteiger partial charge in [0.2, 0.25) is 0 Å². The minimum Gasteiger partial charge on any atom is -0.389 e. The number of thiocarbonyl (C=S) groups is 1. The highest BCUT2D eigenvalue weighted by atomic mass is 32.1. The molecule has 2 N–H and O–H groups in total. The second kappa shape index (κ2) is 6.50. The van der Waals surface area contributed by atoms with Crippen LogP contribution in [0.15, 0.2) is 24.3 Å². The predicted molar refractivity (Wildman–Crippen MR) is 78.8 cm³/mol. The molecule has 1 amide bonds. The number of benzene rings is 1. The number of hydrogen-bond acceptors (Lipinski definition) is 2. The molecule has 0 aliphatic rings. The second-order valence-electron chi connectivity index (χ2n) is 4.33. The van der Waals surface area contributed by atoms with E-state index in [1.807, 2.05) is 7.05 Å². The lowest BCUT2D eigenvalue weighted by molar-refractivity contribution is 0.0723. The number of hydrogen-bond donors (Lipinski definition) is 1. The van der Waals surface area contributed by atoms with E-state index in [2.05, 4.69) is 13.8 Å². The van der Waals surface area contributed by atoms with Crippen LogP contribution >= 0.6 is 12.2 Å². The summed E-state index contributed by atoms with van der Waals surface area (Å²) in [5.74, 6) is 0.0400. The van der Waals surface area contributed by atoms with Crippen LogP contribution in [0.2, 0.25) is 0 Å². The van der Waals surface area contributed by atoms with Crippen molar-refractivity contribution in [1.29, 1.82) is 0 Å². The van der Waals surface area contributed by atoms with Gasteiger partial charge in [-0.25, -0.2) is 0 Å². The third-order valence-electron chi connectivity index (χ3n) is 3.23. The molecule has 0 fully saturated rings. The third kappa shape index (κ3) is 3.29. The first-order valence-corrected chi connectivity index (χ1v) is 6.59. The summed E-state index contributed by atoms with van der Waals surface area (Å²) in [7, 11) is 1.85. The van der Waals surface area contributed by atoms with Gasteiger partial charge in [-0.2, -0.15) is 0 Å². The Morgan fingerprint density at radius 2 is 1.67 bits per heavy atom. The molecule has 0 saturated carbocycles. The van der Waals surface area contributed by atoms with E-state index in [0.717, 1.165) is 18.4 Å². The summed E-state index contributed by atoms with van der Waals surface area (Å²) < 4.78 is 0. The Hall–Kier alpha value is -1.42. The first-order chi connectivity index (χ1) is 8.51. The van der Waals surface area contributed by atoms with Gasteiger partial charge in [-0.3, -0.25) is 4.79 Å². The molecule has 0 spiro atoms. The maximum Gasteiger partial charge on any atom is 0.253 e. The van der Waals surface area contributed by atoms with Gasteiger partial charge in [0.1, 0.15) is 4.99 Å². The van der Waals surface area contributed by atoms with Crippen molar-refractivity contribution in [3.05, 3.63) is 35.4 Å². The van der Waals surface area contributed by atoms with Crippen LogP contribution in [0.1, 0.15) is 42.6 Å². The molecular weight excluding hydrogens is 244 g/mol. The van der Waals surface area contributed by atoms with Crippen LogP contribution in [0.5, 0.6) is 0 Å². The largest absolute Gasteiger partial charge is 0.389 e. The molecule has 3 nitrogen and oxygen atoms in total. The van der Waals surface area contributed by atoms with Gasteiger partial charge in [0.25, 0.3) is 5.91 Å². The molecule has 18 heavy (non-hydrogen) atoms. The van der Waals surface area contributed by atoms with Crippen LogP contribution in [0.4, 0.5) is 0 Å². The number of amides is 1. The third-order valence-corrected chi connectivity index (χ3v) is 3.46. The lowest BCUT2D eigenvalue weighted by atomic mass is 10.1. The maximum absolute atomic E-state index is 12.2. The predicted octanol–water partition coefficient (Wildman–Crippen LogP) is 2.58. The van der Waals surface area contributed by atoms with E-state index in [9.17, 15) is 4.79 Å². The molecule has 4 heteroatoms. The molecule has 0 heterocycles. The molecule has 0 aliphatic heterocycles. The Balaban J connectivity index is 2.87. The van der Waals surface area contributed by atoms with Crippen molar-refractivity contribution in [1.82, 2.24) is 4.90 Å². The molecular formula is C14H20N2OS. The van der Waals surface area contributed by atoms with Crippen LogP contribution in [-0.4, -0.2) is 28.9 Å². The van der Waals surface area contributed by atoms with Gasteiger partial charge >= 0.3 is 0 Å². The minimum absolute atomic E-state index is 0.0400. The SMILES string of the molecule is CCC(CC)N(C)C(=O)c1ccc(C(N)=S)cc1. The first kappa shape index (κ1) is 14.6. The van der Waals surface area contributed by atoms with Gasteiger partial charge in [-0.15, -0.1) is 0 Å². The van der Waals surface area contributed by atoms with E-state index >= 15 is 0 Å². The topological polar surface area (TPSA) is 46.3 Å². The molecule has 1 aromatic carbocycles. The number of nitrogens with two attached hydrogens (primary N) is 1. The van der Waals surface area contributed by atoms with Crippen LogP contribution in [0, 0.1) is 0 Å². The molecule has 0 atom stereocenters. The van der Waals surface area contributed by atoms with E-state index in [1.54, 1.807) is 29.2 Å². The zero-order valence-corrected chi connectivity index (χ0v) is 12.0. The first-order valence-electron chi connectivity index (χ1n) is 6.18. The van der Waals surface area contributed by atoms with Gasteiger partial charge in [-0.05, 0) is 25.0 Å². The van der Waals surface area contributed by atoms with Crippen molar-refractivity contribution >= 4 is 23.1 Å². The average molecular weight is 264 g/mol. The Kier molecular flexibility index (Phi) is 5.28. The number of rotatable bonds is 5. The highest BCUT2D eigenvalue weighted by Gasteiger charge is 2.18. The Morgan fingerprint density at radius 1 is 1.22 bits per heavy atom. The molecule has 1 rings (SSSR count). The van der Waals surface area contributed by atoms with Crippen LogP contribution < -0.4 is 5.73 Å². The molecule has 0 unspecified atom stereocenters. The monoisotopic (exact) mass is 264 g/mol. The highest BCUT2D eigenvalue weighted by Crippen LogP contribution is 2.12. The maximum atomic E-state index is 12.2. The van der Waals surface area contributed by atoms with E-state index in [-0.39, 0.29) is 11.9 Å². The fourth-order valence-corrected chi connectivity index (χ4v) is 2.12. The van der Waals surface area contributed by atoms with Crippen molar-refractivity contribution in [3.8, 4) is 0 Å². The summed E-state index contributed by atoms with van der Waals surface area (Å²) in [5.41, 5.74) is 6.98. The molecule has 0 saturated heterocycles. The van der Waals surface area contributed by atoms with Crippen LogP contribution in [-0.2, 0) is 0 Å². The summed E-state index contributed by atoms with van der Waals surface area (Å²) in [6.45, 7) is 4.18. The summed E-state index contributed by atoms with van der Waals surface area (Å²) >= 11 is 4.88. The average Bonchev–Trinajstić information content (AvgIpc) is 2.39. The standard InChI is InChI=1S/C14H20N2OS/c1-4-12(5-2)16(3)14(17)11-8-6-10(7-9-11)13(15)18/h6-9,12H,4-5H2,1-3H3,(H2,15,18). The molecule has 1 aromatic rings. The summed E-state index contributed by atoms with van der Waals surface area (Å²) in [5, 5.41) is 0. The van der Waals surface area contributed by atoms with E-state index in [0.29, 0.717) is 10.6 Å². The van der Waals surface area contributed by atoms with Gasteiger partial charge in [-0.1, -0.05) is 38.2 Å². The summed E-state index contributed by atoms with van der Waals surface area (Å²) in [4.78, 5) is 14.4. The lowest BCUT2D eigenvalue weighted by Gasteiger charge is -2.26. The van der Waals surface area contributed by atoms with Gasteiger partial charge in [0.05, 0.1) is 0 Å². The Bertz CT molecular complexity index is 424. The Labute approximate surface area is 114 Å². The molecule has 0 bridgehead atoms. The fraction of sp³-hybridized carbons (Fsp3) is 0.429. The van der Waals surface area contributed by atoms with Crippen molar-refractivity contribution in [2.75, 3.05) is 7.05 Å². The second-order valence-corrected chi connectivity index (χ2v) is 4.77. The van der Waals surface area contributed by atoms with Gasteiger partial charge in [0.15, 0.2) is 0 Å². The van der Waals surface area contributed by atoms with E-state index in [1.165, 1.54) is 0 Å². The van der Waals surface area contributed by atoms with Gasteiger partial charge < -0.3 is 10.6 Å². The number of nitrogens with zero attached hydrogens (tertiary/aromatic N) is 1. The zero-order valence-electron chi connectivity index (χ0n) is 11.1. The molecule has 98 valence electrons. The van der Waals surface area contributed by atoms with Gasteiger partial charge in [0, 0.05) is 24.2 Å². The minimum atomic E-state index is 0.0400. The highest BCUT2D eigenvalue weighted by molar-refractivity contribution is 7.80. The van der Waals surface area contributed by atoms with Crippen molar-refractivity contribution < 1.29 is 4.79 Å². The normalized spacial score (nSPS) is 10.4. The summed E-state index contributed by atoms with van der Waals surface area (Å²) in [6.07, 6.45) is 1.92. The summed E-state index contributed by atoms with van der Waals surface area (Å²) in [6, 6.07) is 7.41. The molecule has 0 radical (unpaired) electrons. The van der Waals surface area contributed by atoms with Crippen LogP contribution in [0.3, 0.4) is 0 Å². The van der Waals surface area contributed by atoms with Crippen molar-refractivity contribution in [2.45, 2.75) is 32.7 Å². The van der Waals surface area contributed by atoms with Crippen LogP contribution in [0.25, 0.3) is 0 Å². The smallest absolute Gasteiger partial charge is 0.253 e. The fourth-order valence-electron chi connectivity index (χ4n) is 1.98. The van der Waals surface area contributed by atoms with E-state index in [4.69, 9.17) is 18.0 Å². The zero-order chi connectivity index (χ0) is 13.7. The van der Waals surface area contributed by atoms with Crippen molar-refractivity contribution in [3.63, 3.8) is 0 Å². The lowest BCUT2D eigenvalue weighted by Crippen LogP contribution is -2.36. The molecule has 0 aliphatic carbocycles. The number of carbonyl (C=O) groups excluding carboxylic acids is 1.